The molecule has 0 unspecified atom stereocenters. The lowest BCUT2D eigenvalue weighted by Crippen LogP contribution is -2.21. The second-order valence-electron chi connectivity index (χ2n) is 5.46. The normalized spacial score (nSPS) is 11.4. The zero-order valence-corrected chi connectivity index (χ0v) is 13.1. The number of rotatable bonds is 4. The predicted octanol–water partition coefficient (Wildman–Crippen LogP) is 1.63. The molecule has 7 nitrogen and oxygen atoms in total. The lowest BCUT2D eigenvalue weighted by Gasteiger charge is -2.07. The van der Waals surface area contributed by atoms with E-state index in [1.54, 1.807) is 28.6 Å². The van der Waals surface area contributed by atoms with E-state index in [1.807, 2.05) is 36.4 Å². The van der Waals surface area contributed by atoms with Crippen molar-refractivity contribution in [2.75, 3.05) is 7.11 Å². The molecule has 0 saturated heterocycles. The molecule has 0 saturated carbocycles. The Hall–Kier alpha value is -3.06. The van der Waals surface area contributed by atoms with E-state index in [9.17, 15) is 4.79 Å². The topological polar surface area (TPSA) is 74.3 Å². The maximum atomic E-state index is 12.7. The zero-order chi connectivity index (χ0) is 16.5. The summed E-state index contributed by atoms with van der Waals surface area (Å²) in [7, 11) is 1.58. The molecule has 0 spiro atoms. The standard InChI is InChI=1S/C17H15N5O2/c1-24-11-15-19-17-18-9-13-14(22(17)20-15)7-8-21(16(13)23)10-12-5-3-2-4-6-12/h2-9H,10-11H2,1H3. The molecule has 0 bridgehead atoms. The van der Waals surface area contributed by atoms with Crippen LogP contribution in [0, 0.1) is 0 Å². The van der Waals surface area contributed by atoms with Crippen LogP contribution in [0.25, 0.3) is 16.7 Å². The van der Waals surface area contributed by atoms with E-state index in [1.165, 1.54) is 0 Å². The minimum Gasteiger partial charge on any atom is -0.377 e. The summed E-state index contributed by atoms with van der Waals surface area (Å²) in [5.74, 6) is 0.987. The maximum Gasteiger partial charge on any atom is 0.261 e. The molecule has 0 aliphatic rings. The molecule has 3 aromatic heterocycles. The van der Waals surface area contributed by atoms with Gasteiger partial charge in [-0.3, -0.25) is 4.79 Å². The van der Waals surface area contributed by atoms with E-state index in [0.717, 1.165) is 5.56 Å². The molecule has 3 heterocycles. The fourth-order valence-corrected chi connectivity index (χ4v) is 2.70. The van der Waals surface area contributed by atoms with Crippen LogP contribution in [0.15, 0.2) is 53.6 Å². The van der Waals surface area contributed by atoms with Gasteiger partial charge in [-0.25, -0.2) is 4.98 Å². The van der Waals surface area contributed by atoms with Gasteiger partial charge in [0.1, 0.15) is 6.61 Å². The van der Waals surface area contributed by atoms with E-state index in [0.29, 0.717) is 35.7 Å². The maximum absolute atomic E-state index is 12.7. The van der Waals surface area contributed by atoms with Gasteiger partial charge in [-0.2, -0.15) is 9.50 Å². The number of hydrogen-bond donors (Lipinski definition) is 0. The lowest BCUT2D eigenvalue weighted by molar-refractivity contribution is 0.178. The summed E-state index contributed by atoms with van der Waals surface area (Å²) in [5, 5.41) is 4.86. The van der Waals surface area contributed by atoms with Crippen LogP contribution in [0.1, 0.15) is 11.4 Å². The summed E-state index contributed by atoms with van der Waals surface area (Å²) in [6, 6.07) is 11.7. The van der Waals surface area contributed by atoms with Gasteiger partial charge in [0.25, 0.3) is 11.3 Å². The molecule has 0 atom stereocenters. The van der Waals surface area contributed by atoms with E-state index < -0.39 is 0 Å². The average molecular weight is 321 g/mol. The Balaban J connectivity index is 1.84. The van der Waals surface area contributed by atoms with Gasteiger partial charge < -0.3 is 9.30 Å². The van der Waals surface area contributed by atoms with Crippen molar-refractivity contribution in [1.29, 1.82) is 0 Å². The Labute approximate surface area is 137 Å². The second-order valence-corrected chi connectivity index (χ2v) is 5.46. The fraction of sp³-hybridized carbons (Fsp3) is 0.176. The van der Waals surface area contributed by atoms with Crippen LogP contribution in [0.2, 0.25) is 0 Å². The number of pyridine rings is 1. The van der Waals surface area contributed by atoms with Crippen LogP contribution in [0.3, 0.4) is 0 Å². The Bertz CT molecular complexity index is 1070. The van der Waals surface area contributed by atoms with Crippen molar-refractivity contribution in [2.45, 2.75) is 13.2 Å². The van der Waals surface area contributed by atoms with Gasteiger partial charge in [0.15, 0.2) is 5.82 Å². The van der Waals surface area contributed by atoms with E-state index in [-0.39, 0.29) is 5.56 Å². The third-order valence-corrected chi connectivity index (χ3v) is 3.82. The monoisotopic (exact) mass is 321 g/mol. The summed E-state index contributed by atoms with van der Waals surface area (Å²) < 4.78 is 8.29. The molecule has 0 aliphatic heterocycles. The van der Waals surface area contributed by atoms with Crippen molar-refractivity contribution >= 4 is 16.7 Å². The Morgan fingerprint density at radius 2 is 2.00 bits per heavy atom. The fourth-order valence-electron chi connectivity index (χ4n) is 2.70. The molecule has 24 heavy (non-hydrogen) atoms. The van der Waals surface area contributed by atoms with Crippen LogP contribution in [-0.4, -0.2) is 31.3 Å². The van der Waals surface area contributed by atoms with Gasteiger partial charge in [0.05, 0.1) is 17.4 Å². The quantitative estimate of drug-likeness (QED) is 0.571. The van der Waals surface area contributed by atoms with Crippen molar-refractivity contribution in [3.05, 3.63) is 70.5 Å². The van der Waals surface area contributed by atoms with Crippen LogP contribution in [0.5, 0.6) is 0 Å². The molecular weight excluding hydrogens is 306 g/mol. The molecular formula is C17H15N5O2. The van der Waals surface area contributed by atoms with Gasteiger partial charge in [-0.1, -0.05) is 30.3 Å². The van der Waals surface area contributed by atoms with Crippen LogP contribution >= 0.6 is 0 Å². The number of aromatic nitrogens is 5. The molecule has 0 amide bonds. The largest absolute Gasteiger partial charge is 0.377 e. The van der Waals surface area contributed by atoms with Crippen molar-refractivity contribution in [3.63, 3.8) is 0 Å². The third kappa shape index (κ3) is 2.44. The highest BCUT2D eigenvalue weighted by Crippen LogP contribution is 2.11. The molecule has 0 aliphatic carbocycles. The molecule has 120 valence electrons. The smallest absolute Gasteiger partial charge is 0.261 e. The molecule has 1 aromatic carbocycles. The highest BCUT2D eigenvalue weighted by molar-refractivity contribution is 5.78. The minimum absolute atomic E-state index is 0.102. The Morgan fingerprint density at radius 3 is 2.79 bits per heavy atom. The highest BCUT2D eigenvalue weighted by atomic mass is 16.5. The molecule has 0 fully saturated rings. The first kappa shape index (κ1) is 14.5. The number of benzene rings is 1. The predicted molar refractivity (Wildman–Crippen MR) is 88.8 cm³/mol. The van der Waals surface area contributed by atoms with Gasteiger partial charge >= 0.3 is 0 Å². The van der Waals surface area contributed by atoms with Crippen LogP contribution in [0.4, 0.5) is 0 Å². The van der Waals surface area contributed by atoms with Gasteiger partial charge in [0.2, 0.25) is 0 Å². The number of nitrogens with zero attached hydrogens (tertiary/aromatic N) is 5. The molecule has 0 radical (unpaired) electrons. The first-order valence-electron chi connectivity index (χ1n) is 7.53. The second kappa shape index (κ2) is 5.86. The lowest BCUT2D eigenvalue weighted by atomic mass is 10.2. The van der Waals surface area contributed by atoms with Crippen molar-refractivity contribution in [3.8, 4) is 0 Å². The van der Waals surface area contributed by atoms with Crippen molar-refractivity contribution in [1.82, 2.24) is 24.1 Å². The zero-order valence-electron chi connectivity index (χ0n) is 13.1. The van der Waals surface area contributed by atoms with Crippen molar-refractivity contribution < 1.29 is 4.74 Å². The molecule has 7 heteroatoms. The third-order valence-electron chi connectivity index (χ3n) is 3.82. The number of ether oxygens (including phenoxy) is 1. The first-order valence-corrected chi connectivity index (χ1v) is 7.53. The van der Waals surface area contributed by atoms with Gasteiger partial charge in [-0.15, -0.1) is 5.10 Å². The van der Waals surface area contributed by atoms with E-state index in [2.05, 4.69) is 15.1 Å². The Kier molecular flexibility index (Phi) is 3.55. The average Bonchev–Trinajstić information content (AvgIpc) is 3.01. The van der Waals surface area contributed by atoms with Crippen molar-refractivity contribution in [2.24, 2.45) is 0 Å². The van der Waals surface area contributed by atoms with Gasteiger partial charge in [0, 0.05) is 19.5 Å². The summed E-state index contributed by atoms with van der Waals surface area (Å²) in [6.07, 6.45) is 3.33. The summed E-state index contributed by atoms with van der Waals surface area (Å²) in [6.45, 7) is 0.815. The number of methoxy groups -OCH3 is 1. The summed E-state index contributed by atoms with van der Waals surface area (Å²) in [5.41, 5.74) is 1.65. The van der Waals surface area contributed by atoms with Crippen LogP contribution < -0.4 is 5.56 Å². The highest BCUT2D eigenvalue weighted by Gasteiger charge is 2.11. The summed E-state index contributed by atoms with van der Waals surface area (Å²) >= 11 is 0. The molecule has 4 rings (SSSR count). The first-order chi connectivity index (χ1) is 11.8. The minimum atomic E-state index is -0.102. The SMILES string of the molecule is COCc1nc2ncc3c(=O)n(Cc4ccccc4)ccc3n2n1. The summed E-state index contributed by atoms with van der Waals surface area (Å²) in [4.78, 5) is 21.3. The van der Waals surface area contributed by atoms with E-state index >= 15 is 0 Å². The van der Waals surface area contributed by atoms with Crippen LogP contribution in [-0.2, 0) is 17.9 Å². The van der Waals surface area contributed by atoms with E-state index in [4.69, 9.17) is 4.74 Å². The Morgan fingerprint density at radius 1 is 1.17 bits per heavy atom. The molecule has 0 N–H and O–H groups in total. The van der Waals surface area contributed by atoms with Gasteiger partial charge in [-0.05, 0) is 11.6 Å². The number of hydrogen-bond acceptors (Lipinski definition) is 5. The molecule has 4 aromatic rings. The number of fused-ring (bicyclic) bond motifs is 3.